The number of aryl methyl sites for hydroxylation is 2. The summed E-state index contributed by atoms with van der Waals surface area (Å²) in [6.45, 7) is 2.35. The minimum absolute atomic E-state index is 0.260. The molecule has 1 rings (SSSR count). The van der Waals surface area contributed by atoms with E-state index < -0.39 is 0 Å². The summed E-state index contributed by atoms with van der Waals surface area (Å²) in [4.78, 5) is 25.8. The van der Waals surface area contributed by atoms with Crippen molar-refractivity contribution in [2.75, 3.05) is 7.11 Å². The molecule has 0 bridgehead atoms. The van der Waals surface area contributed by atoms with Gasteiger partial charge in [-0.3, -0.25) is 9.36 Å². The number of methoxy groups -OCH3 is 1. The number of hydrogen-bond donors (Lipinski definition) is 0. The van der Waals surface area contributed by atoms with Crippen molar-refractivity contribution in [1.82, 2.24) is 9.55 Å². The van der Waals surface area contributed by atoms with Crippen LogP contribution in [0.4, 0.5) is 0 Å². The van der Waals surface area contributed by atoms with E-state index in [9.17, 15) is 9.59 Å². The van der Waals surface area contributed by atoms with Gasteiger partial charge in [0, 0.05) is 25.4 Å². The summed E-state index contributed by atoms with van der Waals surface area (Å²) in [7, 11) is 1.35. The van der Waals surface area contributed by atoms with Gasteiger partial charge in [-0.05, 0) is 18.9 Å². The Morgan fingerprint density at radius 1 is 1.60 bits per heavy atom. The Hall–Kier alpha value is -1.65. The van der Waals surface area contributed by atoms with Crippen molar-refractivity contribution >= 4 is 5.97 Å². The highest BCUT2D eigenvalue weighted by Crippen LogP contribution is 1.96. The van der Waals surface area contributed by atoms with Crippen LogP contribution in [-0.2, 0) is 16.1 Å². The maximum Gasteiger partial charge on any atom is 0.347 e. The summed E-state index contributed by atoms with van der Waals surface area (Å²) in [5.41, 5.74) is 0.637. The van der Waals surface area contributed by atoms with Gasteiger partial charge >= 0.3 is 11.7 Å². The summed E-state index contributed by atoms with van der Waals surface area (Å²) in [6.07, 6.45) is 4.15. The number of rotatable bonds is 4. The Morgan fingerprint density at radius 3 is 3.00 bits per heavy atom. The van der Waals surface area contributed by atoms with E-state index in [2.05, 4.69) is 9.72 Å². The molecule has 0 fully saturated rings. The molecule has 1 aromatic heterocycles. The van der Waals surface area contributed by atoms with E-state index in [4.69, 9.17) is 0 Å². The molecular formula is C10H14N2O3. The van der Waals surface area contributed by atoms with Gasteiger partial charge in [-0.2, -0.15) is 0 Å². The molecule has 0 aliphatic rings. The highest BCUT2D eigenvalue weighted by molar-refractivity contribution is 5.68. The minimum Gasteiger partial charge on any atom is -0.469 e. The molecule has 0 radical (unpaired) electrons. The first kappa shape index (κ1) is 11.4. The average Bonchev–Trinajstić information content (AvgIpc) is 2.23. The van der Waals surface area contributed by atoms with Crippen LogP contribution in [0.3, 0.4) is 0 Å². The third kappa shape index (κ3) is 3.53. The fourth-order valence-electron chi connectivity index (χ4n) is 1.22. The molecule has 0 spiro atoms. The predicted molar refractivity (Wildman–Crippen MR) is 54.5 cm³/mol. The number of nitrogens with zero attached hydrogens (tertiary/aromatic N) is 2. The summed E-state index contributed by atoms with van der Waals surface area (Å²) in [5, 5.41) is 0. The Kier molecular flexibility index (Phi) is 4.03. The Labute approximate surface area is 87.7 Å². The second-order valence-corrected chi connectivity index (χ2v) is 3.29. The Morgan fingerprint density at radius 2 is 2.33 bits per heavy atom. The molecule has 15 heavy (non-hydrogen) atoms. The molecule has 0 aliphatic carbocycles. The standard InChI is InChI=1S/C10H14N2O3/c1-8-6-11-10(14)12(7-8)5-3-4-9(13)15-2/h6-7H,3-5H2,1-2H3. The van der Waals surface area contributed by atoms with E-state index >= 15 is 0 Å². The number of aromatic nitrogens is 2. The van der Waals surface area contributed by atoms with Gasteiger partial charge in [-0.1, -0.05) is 0 Å². The lowest BCUT2D eigenvalue weighted by Gasteiger charge is -2.04. The van der Waals surface area contributed by atoms with Crippen molar-refractivity contribution in [3.8, 4) is 0 Å². The Bertz CT molecular complexity index is 398. The van der Waals surface area contributed by atoms with Gasteiger partial charge in [0.2, 0.25) is 0 Å². The maximum atomic E-state index is 11.3. The van der Waals surface area contributed by atoms with Crippen LogP contribution < -0.4 is 5.69 Å². The van der Waals surface area contributed by atoms with Crippen LogP contribution in [0.5, 0.6) is 0 Å². The van der Waals surface area contributed by atoms with Gasteiger partial charge in [0.25, 0.3) is 0 Å². The fourth-order valence-corrected chi connectivity index (χ4v) is 1.22. The van der Waals surface area contributed by atoms with Crippen molar-refractivity contribution < 1.29 is 9.53 Å². The molecule has 0 amide bonds. The van der Waals surface area contributed by atoms with E-state index in [1.165, 1.54) is 17.9 Å². The van der Waals surface area contributed by atoms with Crippen LogP contribution in [0.1, 0.15) is 18.4 Å². The average molecular weight is 210 g/mol. The van der Waals surface area contributed by atoms with E-state index in [1.54, 1.807) is 6.20 Å². The van der Waals surface area contributed by atoms with Crippen LogP contribution in [0.25, 0.3) is 0 Å². The highest BCUT2D eigenvalue weighted by Gasteiger charge is 2.01. The number of carbonyl (C=O) groups excluding carboxylic acids is 1. The van der Waals surface area contributed by atoms with Gasteiger partial charge in [-0.15, -0.1) is 0 Å². The molecule has 82 valence electrons. The first-order chi connectivity index (χ1) is 7.13. The molecular weight excluding hydrogens is 196 g/mol. The van der Waals surface area contributed by atoms with Crippen LogP contribution in [0, 0.1) is 6.92 Å². The summed E-state index contributed by atoms with van der Waals surface area (Å²) >= 11 is 0. The molecule has 0 saturated heterocycles. The van der Waals surface area contributed by atoms with Crippen LogP contribution in [-0.4, -0.2) is 22.6 Å². The lowest BCUT2D eigenvalue weighted by Crippen LogP contribution is -2.22. The number of esters is 1. The second kappa shape index (κ2) is 5.29. The van der Waals surface area contributed by atoms with Crippen molar-refractivity contribution in [3.05, 3.63) is 28.4 Å². The topological polar surface area (TPSA) is 61.2 Å². The zero-order valence-corrected chi connectivity index (χ0v) is 8.90. The summed E-state index contributed by atoms with van der Waals surface area (Å²) < 4.78 is 6.00. The fraction of sp³-hybridized carbons (Fsp3) is 0.500. The van der Waals surface area contributed by atoms with E-state index in [0.717, 1.165) is 5.56 Å². The molecule has 0 unspecified atom stereocenters. The molecule has 5 nitrogen and oxygen atoms in total. The van der Waals surface area contributed by atoms with Gasteiger partial charge in [0.15, 0.2) is 0 Å². The SMILES string of the molecule is COC(=O)CCCn1cc(C)cnc1=O. The molecule has 0 atom stereocenters. The minimum atomic E-state index is -0.287. The summed E-state index contributed by atoms with van der Waals surface area (Å²) in [5.74, 6) is -0.260. The van der Waals surface area contributed by atoms with E-state index in [0.29, 0.717) is 19.4 Å². The zero-order valence-electron chi connectivity index (χ0n) is 8.90. The molecule has 0 N–H and O–H groups in total. The monoisotopic (exact) mass is 210 g/mol. The largest absolute Gasteiger partial charge is 0.469 e. The van der Waals surface area contributed by atoms with E-state index in [1.807, 2.05) is 6.92 Å². The molecule has 0 saturated carbocycles. The lowest BCUT2D eigenvalue weighted by molar-refractivity contribution is -0.140. The van der Waals surface area contributed by atoms with Crippen molar-refractivity contribution in [1.29, 1.82) is 0 Å². The normalized spacial score (nSPS) is 10.0. The van der Waals surface area contributed by atoms with Gasteiger partial charge in [-0.25, -0.2) is 9.78 Å². The first-order valence-corrected chi connectivity index (χ1v) is 4.73. The molecule has 0 aliphatic heterocycles. The number of carbonyl (C=O) groups is 1. The third-order valence-corrected chi connectivity index (χ3v) is 1.99. The van der Waals surface area contributed by atoms with Crippen molar-refractivity contribution in [2.24, 2.45) is 0 Å². The molecule has 1 heterocycles. The van der Waals surface area contributed by atoms with E-state index in [-0.39, 0.29) is 11.7 Å². The van der Waals surface area contributed by atoms with Crippen molar-refractivity contribution in [2.45, 2.75) is 26.3 Å². The van der Waals surface area contributed by atoms with Gasteiger partial charge in [0.05, 0.1) is 7.11 Å². The molecule has 0 aromatic carbocycles. The number of ether oxygens (including phenoxy) is 1. The summed E-state index contributed by atoms with van der Waals surface area (Å²) in [6, 6.07) is 0. The zero-order chi connectivity index (χ0) is 11.3. The van der Waals surface area contributed by atoms with Crippen molar-refractivity contribution in [3.63, 3.8) is 0 Å². The molecule has 5 heteroatoms. The quantitative estimate of drug-likeness (QED) is 0.679. The highest BCUT2D eigenvalue weighted by atomic mass is 16.5. The van der Waals surface area contributed by atoms with Crippen LogP contribution >= 0.6 is 0 Å². The van der Waals surface area contributed by atoms with Crippen LogP contribution in [0.2, 0.25) is 0 Å². The molecule has 1 aromatic rings. The lowest BCUT2D eigenvalue weighted by atomic mass is 10.3. The smallest absolute Gasteiger partial charge is 0.347 e. The number of hydrogen-bond acceptors (Lipinski definition) is 4. The Balaban J connectivity index is 2.54. The second-order valence-electron chi connectivity index (χ2n) is 3.29. The third-order valence-electron chi connectivity index (χ3n) is 1.99. The first-order valence-electron chi connectivity index (χ1n) is 4.73. The predicted octanol–water partition coefficient (Wildman–Crippen LogP) is 0.505. The van der Waals surface area contributed by atoms with Gasteiger partial charge < -0.3 is 4.74 Å². The van der Waals surface area contributed by atoms with Crippen LogP contribution in [0.15, 0.2) is 17.2 Å². The van der Waals surface area contributed by atoms with Gasteiger partial charge in [0.1, 0.15) is 0 Å². The maximum absolute atomic E-state index is 11.3.